The van der Waals surface area contributed by atoms with Gasteiger partial charge in [0.1, 0.15) is 11.3 Å². The maximum absolute atomic E-state index is 12.2. The molecule has 25 heavy (non-hydrogen) atoms. The van der Waals surface area contributed by atoms with Crippen LogP contribution in [0.25, 0.3) is 11.0 Å². The lowest BCUT2D eigenvalue weighted by atomic mass is 10.0. The van der Waals surface area contributed by atoms with Gasteiger partial charge in [0.15, 0.2) is 9.84 Å². The van der Waals surface area contributed by atoms with Gasteiger partial charge in [-0.3, -0.25) is 4.79 Å². The monoisotopic (exact) mass is 385 g/mol. The average molecular weight is 386 g/mol. The normalized spacial score (nSPS) is 19.2. The molecule has 0 spiro atoms. The van der Waals surface area contributed by atoms with Crippen LogP contribution in [0.1, 0.15) is 17.5 Å². The number of aryl methyl sites for hydroxylation is 1. The minimum absolute atomic E-state index is 0.0527. The van der Waals surface area contributed by atoms with E-state index < -0.39 is 27.4 Å². The highest BCUT2D eigenvalue weighted by atomic mass is 35.5. The highest BCUT2D eigenvalue weighted by Crippen LogP contribution is 2.30. The number of carbonyl (C=O) groups is 1. The Morgan fingerprint density at radius 1 is 1.44 bits per heavy atom. The first-order valence-electron chi connectivity index (χ1n) is 7.61. The zero-order chi connectivity index (χ0) is 18.4. The standard InChI is InChI=1S/C16H16ClNO6S/c1-8-10-4-12(17)13(19)6-14(10)24-16(21)11(8)5-15(20)18-9-2-3-25(22,23)7-9/h4,6,9,19H,2-3,5,7H2,1H3,(H,18,20)/t9-/m0/s1. The minimum atomic E-state index is -3.10. The van der Waals surface area contributed by atoms with Crippen LogP contribution >= 0.6 is 11.6 Å². The van der Waals surface area contributed by atoms with E-state index in [0.717, 1.165) is 0 Å². The van der Waals surface area contributed by atoms with Crippen LogP contribution in [-0.2, 0) is 21.1 Å². The van der Waals surface area contributed by atoms with E-state index in [2.05, 4.69) is 5.32 Å². The number of amides is 1. The molecule has 1 amide bonds. The number of halogens is 1. The molecule has 1 aromatic carbocycles. The number of sulfone groups is 1. The molecule has 9 heteroatoms. The molecular weight excluding hydrogens is 370 g/mol. The number of hydrogen-bond donors (Lipinski definition) is 2. The van der Waals surface area contributed by atoms with E-state index in [4.69, 9.17) is 16.0 Å². The SMILES string of the molecule is Cc1c(CC(=O)N[C@H]2CCS(=O)(=O)C2)c(=O)oc2cc(O)c(Cl)cc12. The van der Waals surface area contributed by atoms with Crippen LogP contribution in [0, 0.1) is 6.92 Å². The molecule has 1 aliphatic heterocycles. The van der Waals surface area contributed by atoms with Crippen LogP contribution < -0.4 is 10.9 Å². The highest BCUT2D eigenvalue weighted by molar-refractivity contribution is 7.91. The quantitative estimate of drug-likeness (QED) is 0.770. The van der Waals surface area contributed by atoms with E-state index >= 15 is 0 Å². The highest BCUT2D eigenvalue weighted by Gasteiger charge is 2.29. The third-order valence-electron chi connectivity index (χ3n) is 4.29. The first-order valence-corrected chi connectivity index (χ1v) is 9.81. The maximum atomic E-state index is 12.2. The molecular formula is C16H16ClNO6S. The number of phenolic OH excluding ortho intramolecular Hbond substituents is 1. The molecule has 1 fully saturated rings. The molecule has 1 atom stereocenters. The number of aromatic hydroxyl groups is 1. The Labute approximate surface area is 148 Å². The van der Waals surface area contributed by atoms with Gasteiger partial charge in [0.05, 0.1) is 28.5 Å². The molecule has 134 valence electrons. The smallest absolute Gasteiger partial charge is 0.340 e. The Balaban J connectivity index is 1.87. The van der Waals surface area contributed by atoms with Crippen LogP contribution in [0.2, 0.25) is 5.02 Å². The van der Waals surface area contributed by atoms with Gasteiger partial charge in [0.25, 0.3) is 0 Å². The first-order chi connectivity index (χ1) is 11.7. The molecule has 0 saturated carbocycles. The van der Waals surface area contributed by atoms with Gasteiger partial charge in [-0.05, 0) is 25.0 Å². The summed E-state index contributed by atoms with van der Waals surface area (Å²) < 4.78 is 28.1. The molecule has 2 heterocycles. The second kappa shape index (κ2) is 6.34. The Hall–Kier alpha value is -2.06. The molecule has 0 bridgehead atoms. The lowest BCUT2D eigenvalue weighted by Crippen LogP contribution is -2.37. The molecule has 7 nitrogen and oxygen atoms in total. The van der Waals surface area contributed by atoms with E-state index in [1.807, 2.05) is 0 Å². The van der Waals surface area contributed by atoms with Gasteiger partial charge in [-0.25, -0.2) is 13.2 Å². The largest absolute Gasteiger partial charge is 0.506 e. The molecule has 3 rings (SSSR count). The summed E-state index contributed by atoms with van der Waals surface area (Å²) in [6, 6.07) is 2.28. The Bertz CT molecular complexity index is 1030. The van der Waals surface area contributed by atoms with Crippen molar-refractivity contribution in [2.45, 2.75) is 25.8 Å². The predicted octanol–water partition coefficient (Wildman–Crippen LogP) is 1.31. The van der Waals surface area contributed by atoms with Crippen molar-refractivity contribution in [2.24, 2.45) is 0 Å². The number of carbonyl (C=O) groups excluding carboxylic acids is 1. The van der Waals surface area contributed by atoms with Gasteiger partial charge in [-0.1, -0.05) is 11.6 Å². The third kappa shape index (κ3) is 3.64. The van der Waals surface area contributed by atoms with E-state index in [1.54, 1.807) is 6.92 Å². The Morgan fingerprint density at radius 2 is 2.16 bits per heavy atom. The summed E-state index contributed by atoms with van der Waals surface area (Å²) in [5.74, 6) is -0.679. The first kappa shape index (κ1) is 17.8. The van der Waals surface area contributed by atoms with Crippen molar-refractivity contribution in [3.8, 4) is 5.75 Å². The second-order valence-electron chi connectivity index (χ2n) is 6.14. The van der Waals surface area contributed by atoms with Crippen molar-refractivity contribution in [2.75, 3.05) is 11.5 Å². The summed E-state index contributed by atoms with van der Waals surface area (Å²) in [7, 11) is -3.10. The van der Waals surface area contributed by atoms with Gasteiger partial charge < -0.3 is 14.8 Å². The second-order valence-corrected chi connectivity index (χ2v) is 8.77. The molecule has 1 saturated heterocycles. The Kier molecular flexibility index (Phi) is 4.51. The average Bonchev–Trinajstić information content (AvgIpc) is 2.85. The van der Waals surface area contributed by atoms with Gasteiger partial charge in [-0.2, -0.15) is 0 Å². The van der Waals surface area contributed by atoms with Crippen LogP contribution in [0.15, 0.2) is 21.3 Å². The van der Waals surface area contributed by atoms with Gasteiger partial charge in [0.2, 0.25) is 5.91 Å². The van der Waals surface area contributed by atoms with Gasteiger partial charge in [-0.15, -0.1) is 0 Å². The van der Waals surface area contributed by atoms with Crippen molar-refractivity contribution in [1.82, 2.24) is 5.32 Å². The number of phenols is 1. The number of fused-ring (bicyclic) bond motifs is 1. The molecule has 1 aliphatic rings. The third-order valence-corrected chi connectivity index (χ3v) is 6.36. The zero-order valence-electron chi connectivity index (χ0n) is 13.3. The van der Waals surface area contributed by atoms with Crippen molar-refractivity contribution >= 4 is 38.3 Å². The zero-order valence-corrected chi connectivity index (χ0v) is 14.9. The Morgan fingerprint density at radius 3 is 2.80 bits per heavy atom. The summed E-state index contributed by atoms with van der Waals surface area (Å²) in [6.07, 6.45) is 0.146. The van der Waals surface area contributed by atoms with Crippen LogP contribution in [0.5, 0.6) is 5.75 Å². The fourth-order valence-corrected chi connectivity index (χ4v) is 4.79. The summed E-state index contributed by atoms with van der Waals surface area (Å²) in [6.45, 7) is 1.66. The van der Waals surface area contributed by atoms with Crippen molar-refractivity contribution < 1.29 is 22.7 Å². The lowest BCUT2D eigenvalue weighted by Gasteiger charge is -2.12. The van der Waals surface area contributed by atoms with E-state index in [1.165, 1.54) is 12.1 Å². The number of rotatable bonds is 3. The van der Waals surface area contributed by atoms with Gasteiger partial charge >= 0.3 is 5.63 Å². The van der Waals surface area contributed by atoms with E-state index in [9.17, 15) is 23.1 Å². The summed E-state index contributed by atoms with van der Waals surface area (Å²) in [5, 5.41) is 12.9. The molecule has 2 aromatic rings. The van der Waals surface area contributed by atoms with Crippen molar-refractivity contribution in [3.63, 3.8) is 0 Å². The van der Waals surface area contributed by atoms with Crippen LogP contribution in [-0.4, -0.2) is 37.0 Å². The van der Waals surface area contributed by atoms with Crippen molar-refractivity contribution in [3.05, 3.63) is 38.7 Å². The van der Waals surface area contributed by atoms with Crippen LogP contribution in [0.3, 0.4) is 0 Å². The van der Waals surface area contributed by atoms with E-state index in [0.29, 0.717) is 17.4 Å². The number of nitrogens with one attached hydrogen (secondary N) is 1. The topological polar surface area (TPSA) is 114 Å². The fraction of sp³-hybridized carbons (Fsp3) is 0.375. The maximum Gasteiger partial charge on any atom is 0.340 e. The lowest BCUT2D eigenvalue weighted by molar-refractivity contribution is -0.121. The summed E-state index contributed by atoms with van der Waals surface area (Å²) >= 11 is 5.89. The van der Waals surface area contributed by atoms with Crippen LogP contribution in [0.4, 0.5) is 0 Å². The van der Waals surface area contributed by atoms with E-state index in [-0.39, 0.29) is 39.8 Å². The predicted molar refractivity (Wildman–Crippen MR) is 92.8 cm³/mol. The van der Waals surface area contributed by atoms with Gasteiger partial charge in [0, 0.05) is 17.5 Å². The molecule has 0 radical (unpaired) electrons. The number of hydrogen-bond acceptors (Lipinski definition) is 6. The summed E-state index contributed by atoms with van der Waals surface area (Å²) in [4.78, 5) is 24.4. The number of benzene rings is 1. The minimum Gasteiger partial charge on any atom is -0.506 e. The molecule has 2 N–H and O–H groups in total. The summed E-state index contributed by atoms with van der Waals surface area (Å²) in [5.41, 5.74) is 0.200. The molecule has 0 aliphatic carbocycles. The molecule has 0 unspecified atom stereocenters. The molecule has 1 aromatic heterocycles. The fourth-order valence-electron chi connectivity index (χ4n) is 2.95. The van der Waals surface area contributed by atoms with Crippen molar-refractivity contribution in [1.29, 1.82) is 0 Å².